The molecule has 0 radical (unpaired) electrons. The van der Waals surface area contributed by atoms with Gasteiger partial charge < -0.3 is 10.6 Å². The number of benzene rings is 2. The number of anilines is 2. The number of nitrogens with zero attached hydrogens (tertiary/aromatic N) is 3. The predicted molar refractivity (Wildman–Crippen MR) is 106 cm³/mol. The molecule has 0 spiro atoms. The molecule has 1 aliphatic rings. The number of aromatic nitrogens is 3. The van der Waals surface area contributed by atoms with Crippen molar-refractivity contribution in [2.24, 2.45) is 5.92 Å². The number of carbonyl (C=O) groups excluding carboxylic acids is 1. The van der Waals surface area contributed by atoms with E-state index in [1.54, 1.807) is 0 Å². The smallest absolute Gasteiger partial charge is 0.232 e. The van der Waals surface area contributed by atoms with Crippen molar-refractivity contribution in [2.45, 2.75) is 32.4 Å². The van der Waals surface area contributed by atoms with Gasteiger partial charge in [0, 0.05) is 11.7 Å². The molecule has 3 aromatic rings. The molecule has 3 atom stereocenters. The second kappa shape index (κ2) is 7.23. The Morgan fingerprint density at radius 3 is 2.59 bits per heavy atom. The molecular weight excluding hydrogens is 338 g/mol. The lowest BCUT2D eigenvalue weighted by Crippen LogP contribution is -2.46. The van der Waals surface area contributed by atoms with E-state index >= 15 is 0 Å². The van der Waals surface area contributed by atoms with Crippen LogP contribution in [0.3, 0.4) is 0 Å². The molecule has 6 nitrogen and oxygen atoms in total. The minimum absolute atomic E-state index is 0.0353. The number of nitrogens with one attached hydrogen (secondary N) is 2. The van der Waals surface area contributed by atoms with Gasteiger partial charge in [-0.1, -0.05) is 49.4 Å². The molecule has 2 N–H and O–H groups in total. The standard InChI is InChI=1S/C21H23N5O/c1-3-15-9-11-16(12-10-15)19-18(14(2)24-21-22-13-23-26(19)21)20(27)25-17-7-5-4-6-8-17/h4-14,18-19H,3H2,1-2H3,(H,25,27)(H,22,23,24)/t14-,18-,19+/m0/s1. The summed E-state index contributed by atoms with van der Waals surface area (Å²) in [6.45, 7) is 4.15. The third-order valence-corrected chi connectivity index (χ3v) is 5.15. The van der Waals surface area contributed by atoms with Crippen molar-refractivity contribution in [3.8, 4) is 0 Å². The average Bonchev–Trinajstić information content (AvgIpc) is 3.15. The maximum absolute atomic E-state index is 13.2. The van der Waals surface area contributed by atoms with Crippen LogP contribution >= 0.6 is 0 Å². The molecule has 1 amide bonds. The van der Waals surface area contributed by atoms with E-state index in [1.165, 1.54) is 11.9 Å². The van der Waals surface area contributed by atoms with E-state index in [2.05, 4.69) is 51.9 Å². The fraction of sp³-hybridized carbons (Fsp3) is 0.286. The molecule has 6 heteroatoms. The van der Waals surface area contributed by atoms with Gasteiger partial charge in [-0.3, -0.25) is 4.79 Å². The summed E-state index contributed by atoms with van der Waals surface area (Å²) in [6.07, 6.45) is 2.51. The summed E-state index contributed by atoms with van der Waals surface area (Å²) in [6, 6.07) is 17.7. The summed E-state index contributed by atoms with van der Waals surface area (Å²) in [4.78, 5) is 17.5. The second-order valence-corrected chi connectivity index (χ2v) is 6.88. The molecule has 0 aliphatic carbocycles. The van der Waals surface area contributed by atoms with E-state index in [0.717, 1.165) is 17.7 Å². The number of para-hydroxylation sites is 1. The van der Waals surface area contributed by atoms with Crippen LogP contribution in [0.15, 0.2) is 60.9 Å². The van der Waals surface area contributed by atoms with Gasteiger partial charge in [0.2, 0.25) is 11.9 Å². The number of hydrogen-bond donors (Lipinski definition) is 2. The first kappa shape index (κ1) is 17.3. The third-order valence-electron chi connectivity index (χ3n) is 5.15. The molecule has 138 valence electrons. The molecule has 0 saturated heterocycles. The largest absolute Gasteiger partial charge is 0.351 e. The first-order chi connectivity index (χ1) is 13.2. The van der Waals surface area contributed by atoms with Crippen LogP contribution in [0.25, 0.3) is 0 Å². The normalized spacial score (nSPS) is 21.2. The highest BCUT2D eigenvalue weighted by molar-refractivity contribution is 5.94. The quantitative estimate of drug-likeness (QED) is 0.746. The molecule has 0 fully saturated rings. The summed E-state index contributed by atoms with van der Waals surface area (Å²) in [7, 11) is 0. The lowest BCUT2D eigenvalue weighted by molar-refractivity contribution is -0.121. The molecule has 1 aromatic heterocycles. The van der Waals surface area contributed by atoms with Crippen LogP contribution < -0.4 is 10.6 Å². The SMILES string of the molecule is CCc1ccc([C@@H]2[C@@H](C(=O)Nc3ccccc3)[C@H](C)Nc3ncnn32)cc1. The Kier molecular flexibility index (Phi) is 4.62. The van der Waals surface area contributed by atoms with Crippen molar-refractivity contribution >= 4 is 17.5 Å². The number of fused-ring (bicyclic) bond motifs is 1. The maximum Gasteiger partial charge on any atom is 0.232 e. The van der Waals surface area contributed by atoms with Gasteiger partial charge in [0.15, 0.2) is 0 Å². The fourth-order valence-electron chi connectivity index (χ4n) is 3.69. The number of rotatable bonds is 4. The molecular formula is C21H23N5O. The van der Waals surface area contributed by atoms with Crippen LogP contribution in [0.1, 0.15) is 31.0 Å². The average molecular weight is 361 g/mol. The van der Waals surface area contributed by atoms with Crippen LogP contribution in [-0.4, -0.2) is 26.7 Å². The molecule has 1 aliphatic heterocycles. The molecule has 27 heavy (non-hydrogen) atoms. The van der Waals surface area contributed by atoms with Gasteiger partial charge in [0.1, 0.15) is 6.33 Å². The zero-order valence-corrected chi connectivity index (χ0v) is 15.5. The van der Waals surface area contributed by atoms with Gasteiger partial charge in [0.05, 0.1) is 12.0 Å². The Balaban J connectivity index is 1.71. The summed E-state index contributed by atoms with van der Waals surface area (Å²) < 4.78 is 1.82. The summed E-state index contributed by atoms with van der Waals surface area (Å²) in [5.74, 6) is 0.328. The Morgan fingerprint density at radius 2 is 1.89 bits per heavy atom. The predicted octanol–water partition coefficient (Wildman–Crippen LogP) is 3.50. The number of hydrogen-bond acceptors (Lipinski definition) is 4. The van der Waals surface area contributed by atoms with Gasteiger partial charge in [-0.25, -0.2) is 4.68 Å². The highest BCUT2D eigenvalue weighted by Gasteiger charge is 2.41. The minimum atomic E-state index is -0.327. The van der Waals surface area contributed by atoms with Crippen LogP contribution in [0.5, 0.6) is 0 Å². The van der Waals surface area contributed by atoms with Gasteiger partial charge in [-0.05, 0) is 36.6 Å². The van der Waals surface area contributed by atoms with Gasteiger partial charge in [-0.15, -0.1) is 0 Å². The van der Waals surface area contributed by atoms with E-state index in [-0.39, 0.29) is 23.9 Å². The molecule has 2 heterocycles. The summed E-state index contributed by atoms with van der Waals surface area (Å²) >= 11 is 0. The minimum Gasteiger partial charge on any atom is -0.351 e. The van der Waals surface area contributed by atoms with E-state index in [1.807, 2.05) is 41.9 Å². The number of carbonyl (C=O) groups is 1. The van der Waals surface area contributed by atoms with Crippen LogP contribution in [0.4, 0.5) is 11.6 Å². The first-order valence-corrected chi connectivity index (χ1v) is 9.28. The van der Waals surface area contributed by atoms with Crippen molar-refractivity contribution in [1.29, 1.82) is 0 Å². The van der Waals surface area contributed by atoms with Crippen molar-refractivity contribution in [2.75, 3.05) is 10.6 Å². The van der Waals surface area contributed by atoms with Crippen LogP contribution in [0.2, 0.25) is 0 Å². The molecule has 0 unspecified atom stereocenters. The van der Waals surface area contributed by atoms with Gasteiger partial charge >= 0.3 is 0 Å². The van der Waals surface area contributed by atoms with Crippen molar-refractivity contribution < 1.29 is 4.79 Å². The summed E-state index contributed by atoms with van der Waals surface area (Å²) in [5.41, 5.74) is 3.12. The highest BCUT2D eigenvalue weighted by atomic mass is 16.2. The number of aryl methyl sites for hydroxylation is 1. The van der Waals surface area contributed by atoms with Gasteiger partial charge in [0.25, 0.3) is 0 Å². The second-order valence-electron chi connectivity index (χ2n) is 6.88. The molecule has 4 rings (SSSR count). The van der Waals surface area contributed by atoms with Crippen molar-refractivity contribution in [3.05, 3.63) is 72.1 Å². The lowest BCUT2D eigenvalue weighted by atomic mass is 9.85. The fourth-order valence-corrected chi connectivity index (χ4v) is 3.69. The Bertz CT molecular complexity index is 919. The van der Waals surface area contributed by atoms with E-state index < -0.39 is 0 Å². The Morgan fingerprint density at radius 1 is 1.15 bits per heavy atom. The molecule has 0 bridgehead atoms. The first-order valence-electron chi connectivity index (χ1n) is 9.28. The van der Waals surface area contributed by atoms with Crippen LogP contribution in [0, 0.1) is 5.92 Å². The van der Waals surface area contributed by atoms with Gasteiger partial charge in [-0.2, -0.15) is 10.1 Å². The van der Waals surface area contributed by atoms with Crippen LogP contribution in [-0.2, 0) is 11.2 Å². The Labute approximate surface area is 158 Å². The zero-order chi connectivity index (χ0) is 18.8. The molecule has 0 saturated carbocycles. The van der Waals surface area contributed by atoms with E-state index in [4.69, 9.17) is 0 Å². The third kappa shape index (κ3) is 3.30. The highest BCUT2D eigenvalue weighted by Crippen LogP contribution is 2.36. The zero-order valence-electron chi connectivity index (χ0n) is 15.5. The maximum atomic E-state index is 13.2. The van der Waals surface area contributed by atoms with E-state index in [9.17, 15) is 4.79 Å². The lowest BCUT2D eigenvalue weighted by Gasteiger charge is -2.37. The van der Waals surface area contributed by atoms with E-state index in [0.29, 0.717) is 5.95 Å². The molecule has 2 aromatic carbocycles. The topological polar surface area (TPSA) is 71.8 Å². The van der Waals surface area contributed by atoms with Crippen molar-refractivity contribution in [3.63, 3.8) is 0 Å². The van der Waals surface area contributed by atoms with Crippen molar-refractivity contribution in [1.82, 2.24) is 14.8 Å². The summed E-state index contributed by atoms with van der Waals surface area (Å²) in [5, 5.41) is 10.7. The Hall–Kier alpha value is -3.15. The number of amides is 1. The monoisotopic (exact) mass is 361 g/mol.